The number of nitrogens with two attached hydrogens (primary N) is 1. The quantitative estimate of drug-likeness (QED) is 0.451. The highest BCUT2D eigenvalue weighted by Crippen LogP contribution is 2.28. The first-order valence-corrected chi connectivity index (χ1v) is 15.1. The maximum atomic E-state index is 11.7. The predicted octanol–water partition coefficient (Wildman–Crippen LogP) is 3.19. The molecule has 1 unspecified atom stereocenters. The molecule has 0 saturated carbocycles. The van der Waals surface area contributed by atoms with Crippen LogP contribution in [-0.2, 0) is 0 Å². The smallest absolute Gasteiger partial charge is 0.271 e. The molecule has 2 amide bonds. The molecule has 11 heteroatoms. The Morgan fingerprint density at radius 3 is 2.22 bits per heavy atom. The van der Waals surface area contributed by atoms with Crippen LogP contribution in [0.3, 0.4) is 0 Å². The maximum Gasteiger partial charge on any atom is 0.271 e. The summed E-state index contributed by atoms with van der Waals surface area (Å²) < 4.78 is 0. The van der Waals surface area contributed by atoms with Gasteiger partial charge in [0.1, 0.15) is 5.69 Å². The lowest BCUT2D eigenvalue weighted by Gasteiger charge is -2.47. The third-order valence-corrected chi connectivity index (χ3v) is 7.85. The first-order valence-electron chi connectivity index (χ1n) is 14.7. The van der Waals surface area contributed by atoms with E-state index in [1.165, 1.54) is 44.7 Å². The van der Waals surface area contributed by atoms with Gasteiger partial charge in [0, 0.05) is 50.9 Å². The van der Waals surface area contributed by atoms with Crippen molar-refractivity contribution in [3.63, 3.8) is 0 Å². The van der Waals surface area contributed by atoms with Crippen LogP contribution < -0.4 is 21.3 Å². The van der Waals surface area contributed by atoms with Crippen molar-refractivity contribution in [2.75, 3.05) is 64.8 Å². The van der Waals surface area contributed by atoms with Gasteiger partial charge in [-0.15, -0.1) is 0 Å². The van der Waals surface area contributed by atoms with Gasteiger partial charge in [0.05, 0.1) is 6.20 Å². The second-order valence-electron chi connectivity index (χ2n) is 10.1. The highest BCUT2D eigenvalue weighted by atomic mass is 35.5. The van der Waals surface area contributed by atoms with Crippen LogP contribution in [0.25, 0.3) is 0 Å². The normalized spacial score (nSPS) is 18.0. The molecule has 228 valence electrons. The Balaban J connectivity index is 0.000000352. The van der Waals surface area contributed by atoms with Crippen molar-refractivity contribution in [3.05, 3.63) is 52.4 Å². The first kappa shape index (κ1) is 34.4. The van der Waals surface area contributed by atoms with E-state index in [2.05, 4.69) is 54.9 Å². The van der Waals surface area contributed by atoms with E-state index in [1.807, 2.05) is 38.1 Å². The number of piperazine rings is 1. The summed E-state index contributed by atoms with van der Waals surface area (Å²) in [5, 5.41) is 5.59. The minimum atomic E-state index is -0.273. The van der Waals surface area contributed by atoms with Gasteiger partial charge in [-0.25, -0.2) is 9.97 Å². The number of piperidine rings is 1. The van der Waals surface area contributed by atoms with Crippen LogP contribution in [0, 0.1) is 6.92 Å². The molecule has 1 aromatic heterocycles. The summed E-state index contributed by atoms with van der Waals surface area (Å²) in [4.78, 5) is 39.1. The molecule has 2 fully saturated rings. The Morgan fingerprint density at radius 1 is 1.02 bits per heavy atom. The van der Waals surface area contributed by atoms with E-state index in [0.29, 0.717) is 29.6 Å². The molecule has 4 rings (SSSR count). The minimum Gasteiger partial charge on any atom is -0.354 e. The van der Waals surface area contributed by atoms with Crippen molar-refractivity contribution in [2.45, 2.75) is 59.0 Å². The van der Waals surface area contributed by atoms with Gasteiger partial charge < -0.3 is 26.2 Å². The first-order chi connectivity index (χ1) is 19.8. The van der Waals surface area contributed by atoms with Gasteiger partial charge in [-0.3, -0.25) is 14.5 Å². The van der Waals surface area contributed by atoms with E-state index in [1.54, 1.807) is 7.05 Å². The number of rotatable bonds is 7. The fraction of sp³-hybridized carbons (Fsp3) is 0.600. The molecule has 0 bridgehead atoms. The second kappa shape index (κ2) is 17.9. The number of nitrogens with zero attached hydrogens (tertiary/aromatic N) is 5. The van der Waals surface area contributed by atoms with Crippen LogP contribution >= 0.6 is 11.6 Å². The highest BCUT2D eigenvalue weighted by Gasteiger charge is 2.34. The second-order valence-corrected chi connectivity index (χ2v) is 10.4. The molecule has 4 N–H and O–H groups in total. The Labute approximate surface area is 251 Å². The summed E-state index contributed by atoms with van der Waals surface area (Å²) in [6.45, 7) is 15.5. The molecule has 1 aromatic carbocycles. The monoisotopic (exact) mass is 588 g/mol. The van der Waals surface area contributed by atoms with Gasteiger partial charge in [0.2, 0.25) is 0 Å². The molecule has 0 aliphatic carbocycles. The van der Waals surface area contributed by atoms with E-state index in [0.717, 1.165) is 38.2 Å². The van der Waals surface area contributed by atoms with Crippen LogP contribution in [0.15, 0.2) is 30.5 Å². The van der Waals surface area contributed by atoms with Gasteiger partial charge in [-0.05, 0) is 71.9 Å². The number of halogens is 1. The van der Waals surface area contributed by atoms with E-state index in [-0.39, 0.29) is 17.5 Å². The van der Waals surface area contributed by atoms with Crippen LogP contribution in [-0.4, -0.2) is 104 Å². The molecule has 1 atom stereocenters. The van der Waals surface area contributed by atoms with Crippen LogP contribution in [0.2, 0.25) is 5.15 Å². The van der Waals surface area contributed by atoms with Crippen molar-refractivity contribution in [2.24, 2.45) is 5.73 Å². The third kappa shape index (κ3) is 9.92. The van der Waals surface area contributed by atoms with Crippen molar-refractivity contribution in [1.29, 1.82) is 0 Å². The molecule has 10 nitrogen and oxygen atoms in total. The summed E-state index contributed by atoms with van der Waals surface area (Å²) in [5.41, 5.74) is 6.64. The van der Waals surface area contributed by atoms with Crippen molar-refractivity contribution in [3.8, 4) is 0 Å². The van der Waals surface area contributed by atoms with E-state index < -0.39 is 0 Å². The Morgan fingerprint density at radius 2 is 1.68 bits per heavy atom. The Bertz CT molecular complexity index is 1080. The number of carbonyl (C=O) groups excluding carboxylic acids is 2. The van der Waals surface area contributed by atoms with E-state index >= 15 is 0 Å². The molecule has 2 aliphatic rings. The average Bonchev–Trinajstić information content (AvgIpc) is 3.02. The summed E-state index contributed by atoms with van der Waals surface area (Å²) >= 11 is 6.36. The number of hydrogen-bond acceptors (Lipinski definition) is 8. The number of nitrogens with one attached hydrogen (secondary N) is 2. The molecule has 2 aliphatic heterocycles. The number of amides is 2. The molecular formula is C30H49ClN8O2. The van der Waals surface area contributed by atoms with Gasteiger partial charge in [0.15, 0.2) is 11.0 Å². The summed E-state index contributed by atoms with van der Waals surface area (Å²) in [6.07, 6.45) is 5.12. The number of hydrogen-bond donors (Lipinski definition) is 3. The summed E-state index contributed by atoms with van der Waals surface area (Å²) in [7, 11) is 3.07. The fourth-order valence-electron chi connectivity index (χ4n) is 5.25. The standard InChI is InChI=1S/C19H31ClN6O.C10H13NO.CH5N/c1-4-14-13-25(18-17(20)23-16(12-22-18)19(27)21-3)10-11-26(14)15-6-8-24(5-2)9-7-15;1-3-11-10(12)9-6-4-8(2)5-7-9;1-2/h12,14-15H,4-11,13H2,1-3H3,(H,21,27);4-7H,3H2,1-2H3,(H,11,12);2H2,1H3. The lowest BCUT2D eigenvalue weighted by atomic mass is 9.98. The summed E-state index contributed by atoms with van der Waals surface area (Å²) in [6, 6.07) is 8.71. The number of aryl methyl sites for hydroxylation is 1. The number of benzene rings is 1. The topological polar surface area (TPSA) is 120 Å². The zero-order valence-electron chi connectivity index (χ0n) is 25.6. The molecule has 0 spiro atoms. The zero-order valence-corrected chi connectivity index (χ0v) is 26.4. The predicted molar refractivity (Wildman–Crippen MR) is 168 cm³/mol. The van der Waals surface area contributed by atoms with E-state index in [9.17, 15) is 9.59 Å². The average molecular weight is 589 g/mol. The lowest BCUT2D eigenvalue weighted by Crippen LogP contribution is -2.58. The van der Waals surface area contributed by atoms with Crippen molar-refractivity contribution >= 4 is 29.2 Å². The SMILES string of the molecule is CCC1CN(c2ncc(C(=O)NC)nc2Cl)CCN1C1CCN(CC)CC1.CCNC(=O)c1ccc(C)cc1.CN. The zero-order chi connectivity index (χ0) is 30.4. The maximum absolute atomic E-state index is 11.7. The number of anilines is 1. The third-order valence-electron chi connectivity index (χ3n) is 7.60. The lowest BCUT2D eigenvalue weighted by molar-refractivity contribution is 0.0647. The number of likely N-dealkylation sites (tertiary alicyclic amines) is 1. The van der Waals surface area contributed by atoms with Gasteiger partial charge in [0.25, 0.3) is 11.8 Å². The molecule has 2 saturated heterocycles. The van der Waals surface area contributed by atoms with Crippen LogP contribution in [0.4, 0.5) is 5.82 Å². The largest absolute Gasteiger partial charge is 0.354 e. The molecule has 41 heavy (non-hydrogen) atoms. The van der Waals surface area contributed by atoms with E-state index in [4.69, 9.17) is 11.6 Å². The Kier molecular flexibility index (Phi) is 15.0. The Hall–Kier alpha value is -2.79. The number of aromatic nitrogens is 2. The van der Waals surface area contributed by atoms with Gasteiger partial charge in [-0.1, -0.05) is 43.1 Å². The summed E-state index contributed by atoms with van der Waals surface area (Å²) in [5.74, 6) is 0.409. The highest BCUT2D eigenvalue weighted by molar-refractivity contribution is 6.31. The molecular weight excluding hydrogens is 540 g/mol. The minimum absolute atomic E-state index is 0.00231. The van der Waals surface area contributed by atoms with Crippen molar-refractivity contribution in [1.82, 2.24) is 30.4 Å². The van der Waals surface area contributed by atoms with Crippen molar-refractivity contribution < 1.29 is 9.59 Å². The van der Waals surface area contributed by atoms with Crippen LogP contribution in [0.5, 0.6) is 0 Å². The van der Waals surface area contributed by atoms with Gasteiger partial charge >= 0.3 is 0 Å². The van der Waals surface area contributed by atoms with Crippen LogP contribution in [0.1, 0.15) is 66.4 Å². The molecule has 3 heterocycles. The number of carbonyl (C=O) groups is 2. The molecule has 2 aromatic rings. The fourth-order valence-corrected chi connectivity index (χ4v) is 5.51. The molecule has 0 radical (unpaired) electrons. The van der Waals surface area contributed by atoms with Gasteiger partial charge in [-0.2, -0.15) is 0 Å².